The number of morpholine rings is 1. The zero-order chi connectivity index (χ0) is 18.0. The Hall–Kier alpha value is -1.63. The molecular formula is C20H32N4O2. The Morgan fingerprint density at radius 3 is 2.81 bits per heavy atom. The monoisotopic (exact) mass is 360 g/mol. The largest absolute Gasteiger partial charge is 0.379 e. The van der Waals surface area contributed by atoms with E-state index in [-0.39, 0.29) is 0 Å². The Morgan fingerprint density at radius 2 is 2.04 bits per heavy atom. The molecule has 26 heavy (non-hydrogen) atoms. The first-order valence-corrected chi connectivity index (χ1v) is 9.83. The molecule has 2 saturated heterocycles. The normalized spacial score (nSPS) is 22.0. The number of guanidine groups is 1. The third-order valence-electron chi connectivity index (χ3n) is 4.97. The van der Waals surface area contributed by atoms with Gasteiger partial charge in [0.15, 0.2) is 5.96 Å². The van der Waals surface area contributed by atoms with E-state index < -0.39 is 0 Å². The number of nitrogens with zero attached hydrogens (tertiary/aromatic N) is 3. The van der Waals surface area contributed by atoms with Crippen LogP contribution in [0.25, 0.3) is 0 Å². The van der Waals surface area contributed by atoms with Crippen LogP contribution >= 0.6 is 0 Å². The molecule has 1 aromatic carbocycles. The molecule has 1 N–H and O–H groups in total. The van der Waals surface area contributed by atoms with E-state index in [0.29, 0.717) is 25.8 Å². The summed E-state index contributed by atoms with van der Waals surface area (Å²) >= 11 is 0. The second-order valence-electron chi connectivity index (χ2n) is 6.81. The first-order chi connectivity index (χ1) is 12.9. The van der Waals surface area contributed by atoms with E-state index in [4.69, 9.17) is 14.5 Å². The van der Waals surface area contributed by atoms with Crippen LogP contribution in [0, 0.1) is 0 Å². The molecule has 0 amide bonds. The molecule has 1 atom stereocenters. The van der Waals surface area contributed by atoms with Crippen LogP contribution in [-0.4, -0.2) is 80.9 Å². The molecule has 0 aromatic heterocycles. The van der Waals surface area contributed by atoms with Crippen LogP contribution in [0.3, 0.4) is 0 Å². The Kier molecular flexibility index (Phi) is 7.73. The minimum absolute atomic E-state index is 0.622. The third kappa shape index (κ3) is 5.69. The van der Waals surface area contributed by atoms with Gasteiger partial charge < -0.3 is 19.7 Å². The highest BCUT2D eigenvalue weighted by Gasteiger charge is 2.30. The first kappa shape index (κ1) is 19.1. The number of ether oxygens (including phenoxy) is 2. The standard InChI is InChI=1S/C20H32N4O2/c1-2-21-20(22-9-13-26-17-18-6-4-3-5-7-18)24-10-8-19(16-24)23-11-14-25-15-12-23/h3-7,19H,2,8-17H2,1H3,(H,21,22). The Balaban J connectivity index is 1.43. The van der Waals surface area contributed by atoms with E-state index in [1.807, 2.05) is 18.2 Å². The first-order valence-electron chi connectivity index (χ1n) is 9.83. The average molecular weight is 361 g/mol. The van der Waals surface area contributed by atoms with Gasteiger partial charge in [0.05, 0.1) is 33.0 Å². The maximum Gasteiger partial charge on any atom is 0.194 e. The predicted octanol–water partition coefficient (Wildman–Crippen LogP) is 1.58. The molecule has 0 bridgehead atoms. The highest BCUT2D eigenvalue weighted by molar-refractivity contribution is 5.80. The van der Waals surface area contributed by atoms with Gasteiger partial charge in [-0.2, -0.15) is 0 Å². The van der Waals surface area contributed by atoms with Crippen LogP contribution in [0.5, 0.6) is 0 Å². The van der Waals surface area contributed by atoms with Gasteiger partial charge in [-0.3, -0.25) is 9.89 Å². The number of hydrogen-bond acceptors (Lipinski definition) is 4. The van der Waals surface area contributed by atoms with Gasteiger partial charge in [0, 0.05) is 38.8 Å². The second kappa shape index (κ2) is 10.5. The average Bonchev–Trinajstić information content (AvgIpc) is 3.18. The van der Waals surface area contributed by atoms with E-state index >= 15 is 0 Å². The van der Waals surface area contributed by atoms with Gasteiger partial charge in [0.25, 0.3) is 0 Å². The summed E-state index contributed by atoms with van der Waals surface area (Å²) in [5.74, 6) is 1.02. The molecule has 0 saturated carbocycles. The molecule has 6 nitrogen and oxygen atoms in total. The molecule has 0 radical (unpaired) electrons. The molecule has 3 rings (SSSR count). The summed E-state index contributed by atoms with van der Waals surface area (Å²) in [4.78, 5) is 9.72. The highest BCUT2D eigenvalue weighted by Crippen LogP contribution is 2.17. The van der Waals surface area contributed by atoms with Crippen LogP contribution in [0.15, 0.2) is 35.3 Å². The summed E-state index contributed by atoms with van der Waals surface area (Å²) in [5, 5.41) is 3.43. The number of rotatable bonds is 7. The van der Waals surface area contributed by atoms with Crippen molar-refractivity contribution in [2.24, 2.45) is 4.99 Å². The lowest BCUT2D eigenvalue weighted by Gasteiger charge is -2.32. The third-order valence-corrected chi connectivity index (χ3v) is 4.97. The van der Waals surface area contributed by atoms with Crippen molar-refractivity contribution in [2.45, 2.75) is 26.0 Å². The van der Waals surface area contributed by atoms with Crippen LogP contribution in [0.4, 0.5) is 0 Å². The van der Waals surface area contributed by atoms with Crippen molar-refractivity contribution in [3.8, 4) is 0 Å². The Bertz CT molecular complexity index is 546. The highest BCUT2D eigenvalue weighted by atomic mass is 16.5. The zero-order valence-corrected chi connectivity index (χ0v) is 15.9. The van der Waals surface area contributed by atoms with Crippen molar-refractivity contribution >= 4 is 5.96 Å². The Labute approximate surface area is 157 Å². The van der Waals surface area contributed by atoms with Crippen molar-refractivity contribution in [3.63, 3.8) is 0 Å². The summed E-state index contributed by atoms with van der Waals surface area (Å²) in [6.07, 6.45) is 1.20. The van der Waals surface area contributed by atoms with Crippen molar-refractivity contribution in [1.82, 2.24) is 15.1 Å². The molecule has 144 valence electrons. The molecule has 0 spiro atoms. The molecule has 1 unspecified atom stereocenters. The van der Waals surface area contributed by atoms with Gasteiger partial charge in [-0.25, -0.2) is 0 Å². The molecule has 2 aliphatic rings. The van der Waals surface area contributed by atoms with E-state index in [1.54, 1.807) is 0 Å². The van der Waals surface area contributed by atoms with Gasteiger partial charge in [-0.15, -0.1) is 0 Å². The number of aliphatic imine (C=N–C) groups is 1. The summed E-state index contributed by atoms with van der Waals surface area (Å²) in [5.41, 5.74) is 1.20. The van der Waals surface area contributed by atoms with Crippen molar-refractivity contribution in [1.29, 1.82) is 0 Å². The molecule has 2 fully saturated rings. The van der Waals surface area contributed by atoms with Gasteiger partial charge in [-0.05, 0) is 18.9 Å². The lowest BCUT2D eigenvalue weighted by molar-refractivity contribution is 0.0195. The quantitative estimate of drug-likeness (QED) is 0.454. The molecule has 6 heteroatoms. The van der Waals surface area contributed by atoms with E-state index in [1.165, 1.54) is 12.0 Å². The SMILES string of the molecule is CCNC(=NCCOCc1ccccc1)N1CCC(N2CCOCC2)C1. The fourth-order valence-electron chi connectivity index (χ4n) is 3.58. The van der Waals surface area contributed by atoms with E-state index in [9.17, 15) is 0 Å². The van der Waals surface area contributed by atoms with Gasteiger partial charge in [0.1, 0.15) is 0 Å². The summed E-state index contributed by atoms with van der Waals surface area (Å²) in [6, 6.07) is 10.9. The smallest absolute Gasteiger partial charge is 0.194 e. The van der Waals surface area contributed by atoms with Crippen LogP contribution in [0.2, 0.25) is 0 Å². The second-order valence-corrected chi connectivity index (χ2v) is 6.81. The van der Waals surface area contributed by atoms with Crippen molar-refractivity contribution in [2.75, 3.05) is 59.1 Å². The van der Waals surface area contributed by atoms with Gasteiger partial charge in [0.2, 0.25) is 0 Å². The number of hydrogen-bond donors (Lipinski definition) is 1. The molecule has 1 aromatic rings. The maximum absolute atomic E-state index is 5.75. The van der Waals surface area contributed by atoms with E-state index in [2.05, 4.69) is 34.2 Å². The molecular weight excluding hydrogens is 328 g/mol. The fourth-order valence-corrected chi connectivity index (χ4v) is 3.58. The van der Waals surface area contributed by atoms with Crippen molar-refractivity contribution < 1.29 is 9.47 Å². The number of benzene rings is 1. The summed E-state index contributed by atoms with van der Waals surface area (Å²) in [6.45, 7) is 11.0. The predicted molar refractivity (Wildman–Crippen MR) is 104 cm³/mol. The minimum atomic E-state index is 0.622. The lowest BCUT2D eigenvalue weighted by atomic mass is 10.2. The van der Waals surface area contributed by atoms with Crippen molar-refractivity contribution in [3.05, 3.63) is 35.9 Å². The molecule has 2 heterocycles. The summed E-state index contributed by atoms with van der Waals surface area (Å²) in [7, 11) is 0. The van der Waals surface area contributed by atoms with Gasteiger partial charge in [-0.1, -0.05) is 30.3 Å². The zero-order valence-electron chi connectivity index (χ0n) is 15.9. The summed E-state index contributed by atoms with van der Waals surface area (Å²) < 4.78 is 11.2. The van der Waals surface area contributed by atoms with Crippen LogP contribution in [0.1, 0.15) is 18.9 Å². The van der Waals surface area contributed by atoms with E-state index in [0.717, 1.165) is 51.9 Å². The topological polar surface area (TPSA) is 49.3 Å². The lowest BCUT2D eigenvalue weighted by Crippen LogP contribution is -2.46. The number of likely N-dealkylation sites (tertiary alicyclic amines) is 1. The molecule has 0 aliphatic carbocycles. The fraction of sp³-hybridized carbons (Fsp3) is 0.650. The van der Waals surface area contributed by atoms with Crippen LogP contribution < -0.4 is 5.32 Å². The van der Waals surface area contributed by atoms with Gasteiger partial charge >= 0.3 is 0 Å². The Morgan fingerprint density at radius 1 is 1.23 bits per heavy atom. The maximum atomic E-state index is 5.75. The minimum Gasteiger partial charge on any atom is -0.379 e. The molecule has 2 aliphatic heterocycles. The number of nitrogens with one attached hydrogen (secondary N) is 1. The van der Waals surface area contributed by atoms with Crippen LogP contribution in [-0.2, 0) is 16.1 Å².